The molecule has 16 heavy (non-hydrogen) atoms. The topological polar surface area (TPSA) is 52.0 Å². The fraction of sp³-hybridized carbons (Fsp3) is 0.182. The van der Waals surface area contributed by atoms with Crippen LogP contribution in [0.1, 0.15) is 17.7 Å². The largest absolute Gasteiger partial charge is 0.359 e. The second-order valence-corrected chi connectivity index (χ2v) is 3.31. The Kier molecular flexibility index (Phi) is 2.96. The lowest BCUT2D eigenvalue weighted by Gasteiger charge is -1.99. The van der Waals surface area contributed by atoms with Gasteiger partial charge in [0.05, 0.1) is 6.54 Å². The van der Waals surface area contributed by atoms with Gasteiger partial charge in [0, 0.05) is 17.2 Å². The van der Waals surface area contributed by atoms with Crippen molar-refractivity contribution in [3.05, 3.63) is 41.7 Å². The minimum Gasteiger partial charge on any atom is -0.359 e. The minimum absolute atomic E-state index is 0.00806. The molecular formula is C11H10F2N2O. The molecule has 0 unspecified atom stereocenters. The van der Waals surface area contributed by atoms with Crippen LogP contribution in [-0.2, 0) is 6.54 Å². The fourth-order valence-electron chi connectivity index (χ4n) is 1.34. The van der Waals surface area contributed by atoms with E-state index in [0.29, 0.717) is 11.5 Å². The van der Waals surface area contributed by atoms with E-state index in [4.69, 9.17) is 10.3 Å². The van der Waals surface area contributed by atoms with Crippen molar-refractivity contribution in [2.45, 2.75) is 13.0 Å². The first-order valence-corrected chi connectivity index (χ1v) is 4.75. The molecule has 84 valence electrons. The summed E-state index contributed by atoms with van der Waals surface area (Å²) in [6, 6.07) is 7.60. The highest BCUT2D eigenvalue weighted by atomic mass is 19.3. The van der Waals surface area contributed by atoms with Crippen molar-refractivity contribution >= 4 is 0 Å². The average Bonchev–Trinajstić information content (AvgIpc) is 2.77. The molecule has 0 fully saturated rings. The summed E-state index contributed by atoms with van der Waals surface area (Å²) < 4.78 is 29.5. The van der Waals surface area contributed by atoms with E-state index in [1.165, 1.54) is 12.1 Å². The molecule has 1 aromatic carbocycles. The van der Waals surface area contributed by atoms with Gasteiger partial charge < -0.3 is 10.3 Å². The van der Waals surface area contributed by atoms with Gasteiger partial charge in [0.1, 0.15) is 5.69 Å². The summed E-state index contributed by atoms with van der Waals surface area (Å²) in [6.45, 7) is 0.266. The lowest BCUT2D eigenvalue weighted by molar-refractivity contribution is 0.151. The molecule has 3 nitrogen and oxygen atoms in total. The summed E-state index contributed by atoms with van der Waals surface area (Å²) >= 11 is 0. The van der Waals surface area contributed by atoms with Crippen LogP contribution in [-0.4, -0.2) is 5.16 Å². The van der Waals surface area contributed by atoms with Gasteiger partial charge in [0.15, 0.2) is 5.76 Å². The third-order valence-electron chi connectivity index (χ3n) is 2.22. The number of nitrogens with zero attached hydrogens (tertiary/aromatic N) is 1. The molecule has 0 saturated heterocycles. The molecule has 0 saturated carbocycles. The molecule has 0 radical (unpaired) electrons. The summed E-state index contributed by atoms with van der Waals surface area (Å²) in [5.74, 6) is 0.563. The molecule has 2 aromatic rings. The maximum atomic E-state index is 12.3. The van der Waals surface area contributed by atoms with Gasteiger partial charge in [-0.05, 0) is 0 Å². The van der Waals surface area contributed by atoms with E-state index < -0.39 is 6.43 Å². The molecule has 5 heteroatoms. The van der Waals surface area contributed by atoms with Gasteiger partial charge in [0.2, 0.25) is 0 Å². The van der Waals surface area contributed by atoms with Crippen LogP contribution in [0.2, 0.25) is 0 Å². The Hall–Kier alpha value is -1.75. The molecule has 0 spiro atoms. The molecule has 2 rings (SSSR count). The van der Waals surface area contributed by atoms with Gasteiger partial charge in [-0.25, -0.2) is 8.78 Å². The average molecular weight is 224 g/mol. The van der Waals surface area contributed by atoms with Gasteiger partial charge in [0.25, 0.3) is 6.43 Å². The Morgan fingerprint density at radius 3 is 2.44 bits per heavy atom. The van der Waals surface area contributed by atoms with Crippen molar-refractivity contribution in [3.8, 4) is 11.3 Å². The van der Waals surface area contributed by atoms with Crippen LogP contribution in [0.5, 0.6) is 0 Å². The molecule has 1 aromatic heterocycles. The van der Waals surface area contributed by atoms with E-state index in [0.717, 1.165) is 5.56 Å². The van der Waals surface area contributed by atoms with Crippen molar-refractivity contribution in [1.29, 1.82) is 0 Å². The molecule has 0 atom stereocenters. The second-order valence-electron chi connectivity index (χ2n) is 3.31. The molecule has 0 aliphatic rings. The number of nitrogens with two attached hydrogens (primary N) is 1. The van der Waals surface area contributed by atoms with Crippen molar-refractivity contribution in [2.75, 3.05) is 0 Å². The smallest absolute Gasteiger partial charge is 0.263 e. The number of aromatic nitrogens is 1. The highest BCUT2D eigenvalue weighted by Gasteiger charge is 2.08. The van der Waals surface area contributed by atoms with Crippen LogP contribution >= 0.6 is 0 Å². The van der Waals surface area contributed by atoms with E-state index >= 15 is 0 Å². The Morgan fingerprint density at radius 1 is 1.25 bits per heavy atom. The van der Waals surface area contributed by atoms with Crippen molar-refractivity contribution in [2.24, 2.45) is 5.73 Å². The lowest BCUT2D eigenvalue weighted by atomic mass is 10.1. The zero-order chi connectivity index (χ0) is 11.5. The van der Waals surface area contributed by atoms with E-state index in [9.17, 15) is 8.78 Å². The van der Waals surface area contributed by atoms with Crippen LogP contribution < -0.4 is 5.73 Å². The van der Waals surface area contributed by atoms with Crippen LogP contribution in [0, 0.1) is 0 Å². The Balaban J connectivity index is 2.27. The third kappa shape index (κ3) is 2.09. The molecule has 0 amide bonds. The van der Waals surface area contributed by atoms with Gasteiger partial charge in [-0.2, -0.15) is 0 Å². The zero-order valence-corrected chi connectivity index (χ0v) is 8.36. The van der Waals surface area contributed by atoms with Crippen LogP contribution in [0.15, 0.2) is 34.9 Å². The number of halogens is 2. The predicted octanol–water partition coefficient (Wildman–Crippen LogP) is 2.74. The number of rotatable bonds is 3. The van der Waals surface area contributed by atoms with Crippen LogP contribution in [0.25, 0.3) is 11.3 Å². The van der Waals surface area contributed by atoms with Crippen LogP contribution in [0.3, 0.4) is 0 Å². The van der Waals surface area contributed by atoms with Gasteiger partial charge in [-0.1, -0.05) is 29.4 Å². The fourth-order valence-corrected chi connectivity index (χ4v) is 1.34. The first-order valence-electron chi connectivity index (χ1n) is 4.75. The number of benzene rings is 1. The van der Waals surface area contributed by atoms with E-state index in [1.807, 2.05) is 0 Å². The minimum atomic E-state index is -2.45. The highest BCUT2D eigenvalue weighted by molar-refractivity contribution is 5.59. The summed E-state index contributed by atoms with van der Waals surface area (Å²) in [5, 5.41) is 3.79. The number of alkyl halides is 2. The zero-order valence-electron chi connectivity index (χ0n) is 8.36. The summed E-state index contributed by atoms with van der Waals surface area (Å²) in [7, 11) is 0. The molecule has 0 bridgehead atoms. The maximum absolute atomic E-state index is 12.3. The quantitative estimate of drug-likeness (QED) is 0.872. The molecule has 1 heterocycles. The molecule has 0 aliphatic heterocycles. The maximum Gasteiger partial charge on any atom is 0.263 e. The van der Waals surface area contributed by atoms with E-state index in [1.54, 1.807) is 18.2 Å². The normalized spacial score (nSPS) is 11.0. The van der Waals surface area contributed by atoms with Gasteiger partial charge >= 0.3 is 0 Å². The third-order valence-corrected chi connectivity index (χ3v) is 2.22. The Morgan fingerprint density at radius 2 is 1.94 bits per heavy atom. The van der Waals surface area contributed by atoms with E-state index in [-0.39, 0.29) is 12.1 Å². The first kappa shape index (κ1) is 10.8. The van der Waals surface area contributed by atoms with Crippen molar-refractivity contribution < 1.29 is 13.3 Å². The number of hydrogen-bond acceptors (Lipinski definition) is 3. The van der Waals surface area contributed by atoms with Crippen molar-refractivity contribution in [1.82, 2.24) is 5.16 Å². The Labute approximate surface area is 90.9 Å². The van der Waals surface area contributed by atoms with Gasteiger partial charge in [-0.3, -0.25) is 0 Å². The second kappa shape index (κ2) is 4.40. The summed E-state index contributed by atoms with van der Waals surface area (Å²) in [5.41, 5.74) is 6.69. The molecular weight excluding hydrogens is 214 g/mol. The van der Waals surface area contributed by atoms with Crippen LogP contribution in [0.4, 0.5) is 8.78 Å². The van der Waals surface area contributed by atoms with Gasteiger partial charge in [-0.15, -0.1) is 0 Å². The lowest BCUT2D eigenvalue weighted by Crippen LogP contribution is -1.92. The molecule has 2 N–H and O–H groups in total. The predicted molar refractivity (Wildman–Crippen MR) is 54.8 cm³/mol. The number of hydrogen-bond donors (Lipinski definition) is 1. The first-order chi connectivity index (χ1) is 7.70. The Bertz CT molecular complexity index is 465. The summed E-state index contributed by atoms with van der Waals surface area (Å²) in [4.78, 5) is 0. The monoisotopic (exact) mass is 224 g/mol. The highest BCUT2D eigenvalue weighted by Crippen LogP contribution is 2.23. The summed E-state index contributed by atoms with van der Waals surface area (Å²) in [6.07, 6.45) is -2.45. The SMILES string of the molecule is NCc1cc(-c2ccc(C(F)F)cc2)no1. The molecule has 0 aliphatic carbocycles. The standard InChI is InChI=1S/C11H10F2N2O/c12-11(13)8-3-1-7(2-4-8)10-5-9(6-14)16-15-10/h1-5,11H,6,14H2. The van der Waals surface area contributed by atoms with E-state index in [2.05, 4.69) is 5.16 Å². The van der Waals surface area contributed by atoms with Crippen molar-refractivity contribution in [3.63, 3.8) is 0 Å².